The zero-order chi connectivity index (χ0) is 12.2. The maximum atomic E-state index is 11.2. The topological polar surface area (TPSA) is 49.3 Å². The first kappa shape index (κ1) is 12.8. The van der Waals surface area contributed by atoms with E-state index in [0.717, 1.165) is 6.42 Å². The number of benzene rings is 1. The molecule has 4 heteroatoms. The van der Waals surface area contributed by atoms with E-state index in [2.05, 4.69) is 5.32 Å². The molecular formula is C12H16ClNO2. The molecule has 0 aromatic heterocycles. The summed E-state index contributed by atoms with van der Waals surface area (Å²) in [5.41, 5.74) is -0.317. The van der Waals surface area contributed by atoms with E-state index in [9.17, 15) is 9.90 Å². The molecular weight excluding hydrogens is 226 g/mol. The molecule has 0 saturated heterocycles. The van der Waals surface area contributed by atoms with Crippen molar-refractivity contribution in [1.29, 1.82) is 0 Å². The number of nitrogens with one attached hydrogen (secondary N) is 1. The lowest BCUT2D eigenvalue weighted by Gasteiger charge is -2.27. The molecule has 0 radical (unpaired) electrons. The number of carboxylic acids is 1. The molecule has 1 aromatic rings. The van der Waals surface area contributed by atoms with Gasteiger partial charge in [-0.1, -0.05) is 37.1 Å². The molecule has 0 heterocycles. The normalized spacial score (nSPS) is 14.2. The molecule has 88 valence electrons. The van der Waals surface area contributed by atoms with E-state index in [1.54, 1.807) is 19.1 Å². The molecule has 0 amide bonds. The molecule has 0 aliphatic carbocycles. The second-order valence-electron chi connectivity index (χ2n) is 3.99. The number of hydrogen-bond donors (Lipinski definition) is 2. The van der Waals surface area contributed by atoms with Crippen LogP contribution in [0.3, 0.4) is 0 Å². The van der Waals surface area contributed by atoms with E-state index in [1.165, 1.54) is 0 Å². The average Bonchev–Trinajstić information content (AvgIpc) is 2.21. The Morgan fingerprint density at radius 1 is 1.50 bits per heavy atom. The second kappa shape index (κ2) is 5.21. The number of halogens is 1. The zero-order valence-electron chi connectivity index (χ0n) is 9.46. The third-order valence-electron chi connectivity index (χ3n) is 2.51. The SMILES string of the molecule is CCCC(C)(Nc1ccccc1Cl)C(=O)O. The van der Waals surface area contributed by atoms with Crippen LogP contribution in [0.2, 0.25) is 5.02 Å². The molecule has 16 heavy (non-hydrogen) atoms. The van der Waals surface area contributed by atoms with Crippen LogP contribution in [0.5, 0.6) is 0 Å². The summed E-state index contributed by atoms with van der Waals surface area (Å²) in [5.74, 6) is -0.866. The summed E-state index contributed by atoms with van der Waals surface area (Å²) in [7, 11) is 0. The van der Waals surface area contributed by atoms with Crippen LogP contribution in [-0.4, -0.2) is 16.6 Å². The van der Waals surface area contributed by atoms with Crippen LogP contribution in [-0.2, 0) is 4.79 Å². The van der Waals surface area contributed by atoms with Gasteiger partial charge >= 0.3 is 5.97 Å². The van der Waals surface area contributed by atoms with Gasteiger partial charge in [-0.25, -0.2) is 4.79 Å². The number of carbonyl (C=O) groups is 1. The lowest BCUT2D eigenvalue weighted by molar-refractivity contribution is -0.141. The van der Waals surface area contributed by atoms with Crippen LogP contribution >= 0.6 is 11.6 Å². The minimum atomic E-state index is -0.972. The summed E-state index contributed by atoms with van der Waals surface area (Å²) >= 11 is 5.98. The summed E-state index contributed by atoms with van der Waals surface area (Å²) in [6, 6.07) is 7.14. The number of para-hydroxylation sites is 1. The fourth-order valence-electron chi connectivity index (χ4n) is 1.58. The highest BCUT2D eigenvalue weighted by Gasteiger charge is 2.32. The fourth-order valence-corrected chi connectivity index (χ4v) is 1.77. The van der Waals surface area contributed by atoms with E-state index < -0.39 is 11.5 Å². The predicted octanol–water partition coefficient (Wildman–Crippen LogP) is 3.40. The Morgan fingerprint density at radius 2 is 2.12 bits per heavy atom. The molecule has 3 nitrogen and oxygen atoms in total. The molecule has 2 N–H and O–H groups in total. The van der Waals surface area contributed by atoms with Crippen LogP contribution < -0.4 is 5.32 Å². The Labute approximate surface area is 100 Å². The van der Waals surface area contributed by atoms with Gasteiger partial charge in [-0.3, -0.25) is 0 Å². The largest absolute Gasteiger partial charge is 0.480 e. The average molecular weight is 242 g/mol. The van der Waals surface area contributed by atoms with Gasteiger partial charge in [0.25, 0.3) is 0 Å². The standard InChI is InChI=1S/C12H16ClNO2/c1-3-8-12(2,11(15)16)14-10-7-5-4-6-9(10)13/h4-7,14H,3,8H2,1-2H3,(H,15,16). The first-order chi connectivity index (χ1) is 7.49. The first-order valence-corrected chi connectivity index (χ1v) is 5.63. The minimum Gasteiger partial charge on any atom is -0.480 e. The molecule has 1 unspecified atom stereocenters. The Balaban J connectivity index is 2.92. The summed E-state index contributed by atoms with van der Waals surface area (Å²) in [4.78, 5) is 11.2. The van der Waals surface area contributed by atoms with Crippen molar-refractivity contribution in [2.24, 2.45) is 0 Å². The Bertz CT molecular complexity index is 381. The van der Waals surface area contributed by atoms with Gasteiger partial charge in [0.2, 0.25) is 0 Å². The highest BCUT2D eigenvalue weighted by atomic mass is 35.5. The minimum absolute atomic E-state index is 0.533. The molecule has 0 bridgehead atoms. The van der Waals surface area contributed by atoms with Crippen LogP contribution in [0.25, 0.3) is 0 Å². The Hall–Kier alpha value is -1.22. The highest BCUT2D eigenvalue weighted by Crippen LogP contribution is 2.26. The van der Waals surface area contributed by atoms with Crippen LogP contribution in [0.4, 0.5) is 5.69 Å². The van der Waals surface area contributed by atoms with E-state index in [-0.39, 0.29) is 0 Å². The van der Waals surface area contributed by atoms with Crippen molar-refractivity contribution in [2.75, 3.05) is 5.32 Å². The van der Waals surface area contributed by atoms with Gasteiger partial charge in [0.05, 0.1) is 10.7 Å². The Morgan fingerprint density at radius 3 is 2.62 bits per heavy atom. The van der Waals surface area contributed by atoms with Crippen molar-refractivity contribution in [3.63, 3.8) is 0 Å². The van der Waals surface area contributed by atoms with Crippen molar-refractivity contribution < 1.29 is 9.90 Å². The fraction of sp³-hybridized carbons (Fsp3) is 0.417. The number of aliphatic carboxylic acids is 1. The lowest BCUT2D eigenvalue weighted by Crippen LogP contribution is -2.43. The van der Waals surface area contributed by atoms with Gasteiger partial charge in [-0.15, -0.1) is 0 Å². The molecule has 0 spiro atoms. The summed E-state index contributed by atoms with van der Waals surface area (Å²) in [6.07, 6.45) is 1.34. The van der Waals surface area contributed by atoms with Crippen molar-refractivity contribution in [2.45, 2.75) is 32.2 Å². The van der Waals surface area contributed by atoms with Crippen LogP contribution in [0.1, 0.15) is 26.7 Å². The van der Waals surface area contributed by atoms with E-state index >= 15 is 0 Å². The molecule has 0 aliphatic rings. The van der Waals surface area contributed by atoms with E-state index in [4.69, 9.17) is 11.6 Å². The van der Waals surface area contributed by atoms with Crippen molar-refractivity contribution >= 4 is 23.3 Å². The molecule has 0 fully saturated rings. The predicted molar refractivity (Wildman–Crippen MR) is 66.0 cm³/mol. The van der Waals surface area contributed by atoms with E-state index in [0.29, 0.717) is 17.1 Å². The zero-order valence-corrected chi connectivity index (χ0v) is 10.2. The number of carboxylic acid groups (broad SMARTS) is 1. The summed E-state index contributed by atoms with van der Waals surface area (Å²) in [6.45, 7) is 3.62. The maximum Gasteiger partial charge on any atom is 0.329 e. The molecule has 1 rings (SSSR count). The van der Waals surface area contributed by atoms with Gasteiger partial charge < -0.3 is 10.4 Å². The molecule has 0 saturated carbocycles. The third-order valence-corrected chi connectivity index (χ3v) is 2.84. The number of hydrogen-bond acceptors (Lipinski definition) is 2. The molecule has 0 aliphatic heterocycles. The summed E-state index contributed by atoms with van der Waals surface area (Å²) < 4.78 is 0. The van der Waals surface area contributed by atoms with Crippen molar-refractivity contribution in [1.82, 2.24) is 0 Å². The summed E-state index contributed by atoms with van der Waals surface area (Å²) in [5, 5.41) is 12.7. The molecule has 1 aromatic carbocycles. The number of anilines is 1. The van der Waals surface area contributed by atoms with Crippen LogP contribution in [0.15, 0.2) is 24.3 Å². The van der Waals surface area contributed by atoms with Crippen LogP contribution in [0, 0.1) is 0 Å². The molecule has 1 atom stereocenters. The highest BCUT2D eigenvalue weighted by molar-refractivity contribution is 6.33. The quantitative estimate of drug-likeness (QED) is 0.831. The lowest BCUT2D eigenvalue weighted by atomic mass is 9.96. The van der Waals surface area contributed by atoms with Gasteiger partial charge in [0.15, 0.2) is 0 Å². The van der Waals surface area contributed by atoms with Gasteiger partial charge in [0.1, 0.15) is 5.54 Å². The van der Waals surface area contributed by atoms with Gasteiger partial charge in [-0.05, 0) is 25.5 Å². The van der Waals surface area contributed by atoms with Crippen molar-refractivity contribution in [3.05, 3.63) is 29.3 Å². The Kier molecular flexibility index (Phi) is 4.19. The second-order valence-corrected chi connectivity index (χ2v) is 4.40. The van der Waals surface area contributed by atoms with E-state index in [1.807, 2.05) is 19.1 Å². The first-order valence-electron chi connectivity index (χ1n) is 5.25. The third kappa shape index (κ3) is 2.89. The van der Waals surface area contributed by atoms with Gasteiger partial charge in [-0.2, -0.15) is 0 Å². The monoisotopic (exact) mass is 241 g/mol. The number of rotatable bonds is 5. The smallest absolute Gasteiger partial charge is 0.329 e. The van der Waals surface area contributed by atoms with Crippen molar-refractivity contribution in [3.8, 4) is 0 Å². The van der Waals surface area contributed by atoms with Gasteiger partial charge in [0, 0.05) is 0 Å². The maximum absolute atomic E-state index is 11.2.